The average molecular weight is 573 g/mol. The first-order valence-corrected chi connectivity index (χ1v) is 12.6. The summed E-state index contributed by atoms with van der Waals surface area (Å²) in [5.74, 6) is 0.596. The quantitative estimate of drug-likeness (QED) is 0.108. The van der Waals surface area contributed by atoms with Gasteiger partial charge in [0.1, 0.15) is 23.9 Å². The van der Waals surface area contributed by atoms with E-state index in [1.54, 1.807) is 60.7 Å². The largest absolute Gasteiger partial charge is 0.489 e. The smallest absolute Gasteiger partial charge is 0.343 e. The zero-order chi connectivity index (χ0) is 26.7. The van der Waals surface area contributed by atoms with Crippen LogP contribution in [0.3, 0.4) is 0 Å². The summed E-state index contributed by atoms with van der Waals surface area (Å²) in [6.45, 7) is 2.14. The molecule has 0 aliphatic carbocycles. The molecule has 0 bridgehead atoms. The van der Waals surface area contributed by atoms with E-state index in [0.717, 1.165) is 15.6 Å². The van der Waals surface area contributed by atoms with Gasteiger partial charge in [-0.2, -0.15) is 5.10 Å². The van der Waals surface area contributed by atoms with Gasteiger partial charge in [-0.1, -0.05) is 64.0 Å². The highest BCUT2D eigenvalue weighted by molar-refractivity contribution is 9.10. The lowest BCUT2D eigenvalue weighted by Gasteiger charge is -2.09. The van der Waals surface area contributed by atoms with Crippen molar-refractivity contribution < 1.29 is 23.8 Å². The Morgan fingerprint density at radius 1 is 0.868 bits per heavy atom. The molecule has 8 heteroatoms. The summed E-state index contributed by atoms with van der Waals surface area (Å²) < 4.78 is 17.6. The maximum absolute atomic E-state index is 12.6. The molecule has 38 heavy (non-hydrogen) atoms. The number of nitrogens with one attached hydrogen (secondary N) is 1. The van der Waals surface area contributed by atoms with Crippen LogP contribution in [0, 0.1) is 6.92 Å². The fraction of sp³-hybridized carbons (Fsp3) is 0.100. The molecule has 0 fully saturated rings. The summed E-state index contributed by atoms with van der Waals surface area (Å²) in [5, 5.41) is 3.98. The van der Waals surface area contributed by atoms with E-state index in [1.807, 2.05) is 43.3 Å². The van der Waals surface area contributed by atoms with E-state index in [2.05, 4.69) is 26.5 Å². The van der Waals surface area contributed by atoms with Gasteiger partial charge in [0.2, 0.25) is 0 Å². The van der Waals surface area contributed by atoms with E-state index in [1.165, 1.54) is 6.21 Å². The van der Waals surface area contributed by atoms with Gasteiger partial charge in [0.05, 0.1) is 11.8 Å². The van der Waals surface area contributed by atoms with E-state index in [0.29, 0.717) is 35.0 Å². The average Bonchev–Trinajstić information content (AvgIpc) is 2.93. The van der Waals surface area contributed by atoms with Crippen LogP contribution in [0.4, 0.5) is 0 Å². The normalized spacial score (nSPS) is 10.7. The maximum atomic E-state index is 12.6. The number of aryl methyl sites for hydroxylation is 1. The molecule has 4 rings (SSSR count). The van der Waals surface area contributed by atoms with E-state index < -0.39 is 11.9 Å². The minimum Gasteiger partial charge on any atom is -0.489 e. The second-order valence-electron chi connectivity index (χ2n) is 8.27. The topological polar surface area (TPSA) is 86.2 Å². The molecule has 0 aliphatic rings. The van der Waals surface area contributed by atoms with Gasteiger partial charge in [0.25, 0.3) is 5.91 Å². The molecule has 0 saturated carbocycles. The van der Waals surface area contributed by atoms with Gasteiger partial charge in [-0.25, -0.2) is 10.2 Å². The summed E-state index contributed by atoms with van der Waals surface area (Å²) in [7, 11) is 0. The predicted octanol–water partition coefficient (Wildman–Crippen LogP) is 6.08. The lowest BCUT2D eigenvalue weighted by molar-refractivity contribution is -0.123. The summed E-state index contributed by atoms with van der Waals surface area (Å²) in [5.41, 5.74) is 5.39. The predicted molar refractivity (Wildman–Crippen MR) is 149 cm³/mol. The van der Waals surface area contributed by atoms with Gasteiger partial charge >= 0.3 is 5.97 Å². The number of carbonyl (C=O) groups is 2. The minimum atomic E-state index is -0.486. The molecular weight excluding hydrogens is 548 g/mol. The summed E-state index contributed by atoms with van der Waals surface area (Å²) >= 11 is 3.40. The molecule has 0 spiro atoms. The highest BCUT2D eigenvalue weighted by Gasteiger charge is 2.12. The number of hydrogen-bond donors (Lipinski definition) is 1. The van der Waals surface area contributed by atoms with Crippen LogP contribution in [-0.2, 0) is 11.4 Å². The Morgan fingerprint density at radius 3 is 2.34 bits per heavy atom. The van der Waals surface area contributed by atoms with Crippen molar-refractivity contribution in [2.45, 2.75) is 13.5 Å². The SMILES string of the molecule is Cc1cccc(C(=O)Oc2ccc(Br)cc2/C=N/NC(=O)COc2ccc(OCc3ccccc3)cc2)c1. The fourth-order valence-corrected chi connectivity index (χ4v) is 3.75. The van der Waals surface area contributed by atoms with Crippen LogP contribution in [0.15, 0.2) is 107 Å². The highest BCUT2D eigenvalue weighted by Crippen LogP contribution is 2.23. The third-order valence-electron chi connectivity index (χ3n) is 5.26. The van der Waals surface area contributed by atoms with Crippen LogP contribution in [0.25, 0.3) is 0 Å². The van der Waals surface area contributed by atoms with Crippen molar-refractivity contribution in [2.24, 2.45) is 5.10 Å². The summed E-state index contributed by atoms with van der Waals surface area (Å²) in [6.07, 6.45) is 1.40. The van der Waals surface area contributed by atoms with Gasteiger partial charge in [0, 0.05) is 10.0 Å². The number of esters is 1. The van der Waals surface area contributed by atoms with Crippen LogP contribution >= 0.6 is 15.9 Å². The Bertz CT molecular complexity index is 1420. The molecule has 0 heterocycles. The molecule has 0 radical (unpaired) electrons. The molecule has 4 aromatic rings. The van der Waals surface area contributed by atoms with Gasteiger partial charge in [-0.05, 0) is 67.1 Å². The number of carbonyl (C=O) groups excluding carboxylic acids is 2. The van der Waals surface area contributed by atoms with Crippen molar-refractivity contribution in [1.82, 2.24) is 5.43 Å². The molecule has 0 aliphatic heterocycles. The van der Waals surface area contributed by atoms with Gasteiger partial charge < -0.3 is 14.2 Å². The number of halogens is 1. The van der Waals surface area contributed by atoms with Gasteiger partial charge in [-0.15, -0.1) is 0 Å². The van der Waals surface area contributed by atoms with E-state index in [9.17, 15) is 9.59 Å². The molecule has 1 amide bonds. The molecule has 0 unspecified atom stereocenters. The van der Waals surface area contributed by atoms with Crippen LogP contribution in [0.2, 0.25) is 0 Å². The zero-order valence-electron chi connectivity index (χ0n) is 20.6. The van der Waals surface area contributed by atoms with Gasteiger partial charge in [-0.3, -0.25) is 4.79 Å². The number of benzene rings is 4. The van der Waals surface area contributed by atoms with Crippen molar-refractivity contribution in [1.29, 1.82) is 0 Å². The minimum absolute atomic E-state index is 0.227. The second-order valence-corrected chi connectivity index (χ2v) is 9.18. The molecule has 192 valence electrons. The molecule has 0 atom stereocenters. The molecule has 1 N–H and O–H groups in total. The molecule has 0 saturated heterocycles. The first kappa shape index (κ1) is 26.6. The van der Waals surface area contributed by atoms with E-state index in [4.69, 9.17) is 14.2 Å². The lowest BCUT2D eigenvalue weighted by Crippen LogP contribution is -2.24. The Kier molecular flexibility index (Phi) is 9.26. The summed E-state index contributed by atoms with van der Waals surface area (Å²) in [6, 6.07) is 29.1. The number of nitrogens with zero attached hydrogens (tertiary/aromatic N) is 1. The number of hydrogen-bond acceptors (Lipinski definition) is 6. The monoisotopic (exact) mass is 572 g/mol. The number of rotatable bonds is 10. The molecule has 4 aromatic carbocycles. The summed E-state index contributed by atoms with van der Waals surface area (Å²) in [4.78, 5) is 24.8. The van der Waals surface area contributed by atoms with Crippen molar-refractivity contribution in [3.8, 4) is 17.2 Å². The van der Waals surface area contributed by atoms with Crippen molar-refractivity contribution in [2.75, 3.05) is 6.61 Å². The van der Waals surface area contributed by atoms with Crippen molar-refractivity contribution >= 4 is 34.0 Å². The molecule has 0 aromatic heterocycles. The second kappa shape index (κ2) is 13.2. The number of hydrazone groups is 1. The molecule has 7 nitrogen and oxygen atoms in total. The fourth-order valence-electron chi connectivity index (χ4n) is 3.37. The van der Waals surface area contributed by atoms with Crippen LogP contribution in [0.1, 0.15) is 27.0 Å². The first-order valence-electron chi connectivity index (χ1n) is 11.8. The third-order valence-corrected chi connectivity index (χ3v) is 5.76. The Labute approximate surface area is 229 Å². The Hall–Kier alpha value is -4.43. The Balaban J connectivity index is 1.27. The van der Waals surface area contributed by atoms with Crippen LogP contribution in [0.5, 0.6) is 17.2 Å². The number of ether oxygens (including phenoxy) is 3. The zero-order valence-corrected chi connectivity index (χ0v) is 22.2. The van der Waals surface area contributed by atoms with Crippen molar-refractivity contribution in [3.63, 3.8) is 0 Å². The third kappa shape index (κ3) is 8.04. The highest BCUT2D eigenvalue weighted by atomic mass is 79.9. The maximum Gasteiger partial charge on any atom is 0.343 e. The molecular formula is C30H25BrN2O5. The standard InChI is InChI=1S/C30H25BrN2O5/c1-21-6-5-9-23(16-21)30(35)38-28-15-10-25(31)17-24(28)18-32-33-29(34)20-37-27-13-11-26(12-14-27)36-19-22-7-3-2-4-8-22/h2-18H,19-20H2,1H3,(H,33,34)/b32-18+. The van der Waals surface area contributed by atoms with E-state index >= 15 is 0 Å². The first-order chi connectivity index (χ1) is 18.5. The van der Waals surface area contributed by atoms with E-state index in [-0.39, 0.29) is 6.61 Å². The van der Waals surface area contributed by atoms with Crippen molar-refractivity contribution in [3.05, 3.63) is 124 Å². The van der Waals surface area contributed by atoms with Crippen LogP contribution < -0.4 is 19.6 Å². The van der Waals surface area contributed by atoms with Crippen LogP contribution in [-0.4, -0.2) is 24.7 Å². The number of amides is 1. The Morgan fingerprint density at radius 2 is 1.61 bits per heavy atom. The lowest BCUT2D eigenvalue weighted by atomic mass is 10.1. The van der Waals surface area contributed by atoms with Gasteiger partial charge in [0.15, 0.2) is 6.61 Å².